The zero-order valence-electron chi connectivity index (χ0n) is 72.0. The first kappa shape index (κ1) is 101. The Hall–Kier alpha value is -4.44. The molecule has 10 aromatic rings. The monoisotopic (exact) mass is 1620 g/mol. The van der Waals surface area contributed by atoms with E-state index < -0.39 is 40.4 Å². The number of hydrogen-bond acceptors (Lipinski definition) is 8. The highest BCUT2D eigenvalue weighted by molar-refractivity contribution is 7.27. The Morgan fingerprint density at radius 3 is 1.14 bits per heavy atom. The number of hydrogen-bond donors (Lipinski definition) is 0. The van der Waals surface area contributed by atoms with Crippen molar-refractivity contribution in [2.45, 2.75) is 325 Å². The second-order valence-electron chi connectivity index (χ2n) is 28.6. The van der Waals surface area contributed by atoms with Crippen molar-refractivity contribution in [3.63, 3.8) is 0 Å². The standard InChI is InChI=1S/C15H28OSi.C15H28SSi.C11H21NSi.C10H18OSi.C10H18SSi.C9H14O.C9H14S.C5H7N.C4H4O.C4H4S/c2*1-5-9-10-11-14-12-13-15(16-14)17(6-2,7-3)8-4;1-5-13(6-2,7-3)11-9-8-10-12(11)4;2*1-4-12(5-2,6-3)10-8-7-9-11-10;2*1-2-3-4-6-9-7-5-8-10-9;1-6-4-2-3-5-6;2*1-2-4-5-3-1/h2*12-13H,5-11H2,1-4H3;8-10H,5-7H2,1-4H3;2*7-9H,4-6H2,1-3H3;2*5,7-8H,2-4,6H2,1H3;2-5H,1H3;2*1-4H. The zero-order chi connectivity index (χ0) is 79.3. The molecule has 10 rings (SSSR count). The molecule has 0 saturated heterocycles. The van der Waals surface area contributed by atoms with E-state index in [-0.39, 0.29) is 0 Å². The van der Waals surface area contributed by atoms with Gasteiger partial charge in [-0.05, 0) is 154 Å². The predicted octanol–water partition coefficient (Wildman–Crippen LogP) is 29.7. The van der Waals surface area contributed by atoms with Crippen LogP contribution in [0.3, 0.4) is 0 Å². The smallest absolute Gasteiger partial charge is 0.131 e. The summed E-state index contributed by atoms with van der Waals surface area (Å²) in [5.41, 5.74) is 0. The summed E-state index contributed by atoms with van der Waals surface area (Å²) in [6, 6.07) is 63.0. The van der Waals surface area contributed by atoms with Crippen molar-refractivity contribution in [1.82, 2.24) is 9.13 Å². The van der Waals surface area contributed by atoms with Gasteiger partial charge >= 0.3 is 0 Å². The Morgan fingerprint density at radius 2 is 0.766 bits per heavy atom. The molecule has 6 nitrogen and oxygen atoms in total. The maximum atomic E-state index is 6.13. The summed E-state index contributed by atoms with van der Waals surface area (Å²) < 4.78 is 29.2. The molecule has 0 unspecified atom stereocenters. The van der Waals surface area contributed by atoms with Crippen molar-refractivity contribution in [1.29, 1.82) is 0 Å². The van der Waals surface area contributed by atoms with E-state index in [9.17, 15) is 0 Å². The lowest BCUT2D eigenvalue weighted by Crippen LogP contribution is -2.48. The van der Waals surface area contributed by atoms with Gasteiger partial charge in [0, 0.05) is 60.6 Å². The van der Waals surface area contributed by atoms with Gasteiger partial charge in [0.1, 0.15) is 35.7 Å². The maximum Gasteiger partial charge on any atom is 0.131 e. The normalized spacial score (nSPS) is 11.1. The number of aromatic nitrogens is 2. The van der Waals surface area contributed by atoms with Crippen LogP contribution in [0.15, 0.2) is 204 Å². The Labute approximate surface area is 678 Å². The van der Waals surface area contributed by atoms with Crippen LogP contribution in [0, 0.1) is 0 Å². The highest BCUT2D eigenvalue weighted by Crippen LogP contribution is 2.27. The lowest BCUT2D eigenvalue weighted by Gasteiger charge is -2.28. The molecule has 0 atom stereocenters. The van der Waals surface area contributed by atoms with Crippen LogP contribution >= 0.6 is 45.3 Å². The van der Waals surface area contributed by atoms with Gasteiger partial charge in [-0.15, -0.1) is 11.3 Å². The van der Waals surface area contributed by atoms with Crippen LogP contribution in [0.2, 0.25) is 90.7 Å². The Morgan fingerprint density at radius 1 is 0.308 bits per heavy atom. The van der Waals surface area contributed by atoms with Gasteiger partial charge in [0.05, 0.1) is 52.0 Å². The third kappa shape index (κ3) is 37.6. The van der Waals surface area contributed by atoms with E-state index in [2.05, 4.69) is 243 Å². The lowest BCUT2D eigenvalue weighted by molar-refractivity contribution is 0.497. The molecule has 0 aliphatic carbocycles. The molecule has 0 fully saturated rings. The summed E-state index contributed by atoms with van der Waals surface area (Å²) in [7, 11) is -1.56. The molecule has 602 valence electrons. The summed E-state index contributed by atoms with van der Waals surface area (Å²) >= 11 is 7.68. The fourth-order valence-corrected chi connectivity index (χ4v) is 38.1. The van der Waals surface area contributed by atoms with E-state index in [0.717, 1.165) is 18.6 Å². The summed E-state index contributed by atoms with van der Waals surface area (Å²) in [5, 5.41) is 12.7. The van der Waals surface area contributed by atoms with Crippen molar-refractivity contribution in [3.05, 3.63) is 208 Å². The maximum absolute atomic E-state index is 6.13. The van der Waals surface area contributed by atoms with Crippen LogP contribution in [0.25, 0.3) is 0 Å². The first-order valence-corrected chi connectivity index (χ1v) is 59.0. The molecular weight excluding hydrogens is 1470 g/mol. The van der Waals surface area contributed by atoms with Gasteiger partial charge in [-0.25, -0.2) is 0 Å². The molecule has 0 N–H and O–H groups in total. The van der Waals surface area contributed by atoms with Gasteiger partial charge in [0.25, 0.3) is 0 Å². The van der Waals surface area contributed by atoms with E-state index in [4.69, 9.17) is 13.3 Å². The average molecular weight is 1620 g/mol. The minimum Gasteiger partial charge on any atom is -0.474 e. The van der Waals surface area contributed by atoms with Crippen molar-refractivity contribution in [3.8, 4) is 0 Å². The SMILES string of the molecule is CCCCCc1ccc([Si](CC)(CC)CC)o1.CCCCCc1ccc([Si](CC)(CC)CC)s1.CCCCCc1ccco1.CCCCCc1cccs1.CC[Si](CC)(CC)c1cccn1C.CC[Si](CC)(CC)c1ccco1.CC[Si](CC)(CC)c1cccs1.Cn1cccc1.c1ccoc1.c1ccsc1. The average Bonchev–Trinajstić information content (AvgIpc) is 1.74. The van der Waals surface area contributed by atoms with Crippen molar-refractivity contribution in [2.75, 3.05) is 0 Å². The molecule has 107 heavy (non-hydrogen) atoms. The molecule has 15 heteroatoms. The highest BCUT2D eigenvalue weighted by atomic mass is 32.1. The van der Waals surface area contributed by atoms with E-state index in [1.165, 1.54) is 202 Å². The molecule has 0 aromatic carbocycles. The largest absolute Gasteiger partial charge is 0.474 e. The highest BCUT2D eigenvalue weighted by Gasteiger charge is 2.35. The van der Waals surface area contributed by atoms with Gasteiger partial charge in [0.15, 0.2) is 0 Å². The summed E-state index contributed by atoms with van der Waals surface area (Å²) in [6.07, 6.45) is 33.6. The van der Waals surface area contributed by atoms with Gasteiger partial charge in [-0.1, -0.05) is 310 Å². The molecule has 0 saturated carbocycles. The van der Waals surface area contributed by atoms with E-state index in [1.807, 2.05) is 112 Å². The van der Waals surface area contributed by atoms with Crippen LogP contribution in [-0.2, 0) is 39.8 Å². The first-order valence-electron chi connectivity index (χ1n) is 42.4. The van der Waals surface area contributed by atoms with Crippen molar-refractivity contribution >= 4 is 111 Å². The molecule has 10 heterocycles. The van der Waals surface area contributed by atoms with E-state index in [1.54, 1.807) is 55.6 Å². The third-order valence-corrected chi connectivity index (χ3v) is 56.4. The fraction of sp³-hybridized carbons (Fsp3) is 0.565. The molecule has 0 spiro atoms. The molecule has 0 amide bonds. The minimum atomic E-state index is -1.29. The van der Waals surface area contributed by atoms with Gasteiger partial charge < -0.3 is 26.8 Å². The van der Waals surface area contributed by atoms with Crippen LogP contribution in [-0.4, -0.2) is 49.5 Å². The molecule has 0 bridgehead atoms. The van der Waals surface area contributed by atoms with Crippen molar-refractivity contribution in [2.24, 2.45) is 14.1 Å². The topological polar surface area (TPSA) is 62.4 Å². The summed E-state index contributed by atoms with van der Waals surface area (Å²) in [4.78, 5) is 3.16. The number of furan rings is 4. The Balaban J connectivity index is 0.000000606. The third-order valence-electron chi connectivity index (χ3n) is 23.0. The summed E-state index contributed by atoms with van der Waals surface area (Å²) in [5.74, 6) is 2.33. The van der Waals surface area contributed by atoms with Gasteiger partial charge in [-0.3, -0.25) is 0 Å². The van der Waals surface area contributed by atoms with Crippen LogP contribution in [0.5, 0.6) is 0 Å². The lowest BCUT2D eigenvalue weighted by atomic mass is 10.2. The first-order chi connectivity index (χ1) is 52.0. The summed E-state index contributed by atoms with van der Waals surface area (Å²) in [6.45, 7) is 44.2. The fourth-order valence-electron chi connectivity index (χ4n) is 14.1. The second-order valence-corrected chi connectivity index (χ2v) is 59.3. The Bertz CT molecular complexity index is 3110. The van der Waals surface area contributed by atoms with E-state index in [0.29, 0.717) is 0 Å². The van der Waals surface area contributed by atoms with Crippen LogP contribution in [0.4, 0.5) is 0 Å². The molecule has 0 aliphatic rings. The van der Waals surface area contributed by atoms with Crippen LogP contribution in [0.1, 0.15) is 230 Å². The number of thiophene rings is 4. The quantitative estimate of drug-likeness (QED) is 0.0290. The predicted molar refractivity (Wildman–Crippen MR) is 500 cm³/mol. The molecule has 0 radical (unpaired) electrons. The second kappa shape index (κ2) is 62.1. The Kier molecular flexibility index (Phi) is 58.4. The molecule has 0 aliphatic heterocycles. The minimum absolute atomic E-state index is 1.02. The van der Waals surface area contributed by atoms with Crippen molar-refractivity contribution < 1.29 is 17.7 Å². The number of aryl methyl sites for hydroxylation is 6. The van der Waals surface area contributed by atoms with Gasteiger partial charge in [-0.2, -0.15) is 34.0 Å². The van der Waals surface area contributed by atoms with Crippen LogP contribution < -0.4 is 25.1 Å². The number of nitrogens with zero attached hydrogens (tertiary/aromatic N) is 2. The zero-order valence-corrected chi connectivity index (χ0v) is 80.2. The molecule has 10 aromatic heterocycles. The number of rotatable bonds is 36. The van der Waals surface area contributed by atoms with Gasteiger partial charge in [0.2, 0.25) is 0 Å². The number of unbranched alkanes of at least 4 members (excludes halogenated alkanes) is 8. The molecular formula is C92H156N2O4S4Si5. The van der Waals surface area contributed by atoms with E-state index >= 15 is 0 Å².